The van der Waals surface area contributed by atoms with Gasteiger partial charge in [0.25, 0.3) is 0 Å². The van der Waals surface area contributed by atoms with Crippen LogP contribution < -0.4 is 0 Å². The van der Waals surface area contributed by atoms with Crippen LogP contribution in [0.2, 0.25) is 0 Å². The molecule has 1 unspecified atom stereocenters. The Morgan fingerprint density at radius 2 is 1.88 bits per heavy atom. The van der Waals surface area contributed by atoms with Gasteiger partial charge in [-0.3, -0.25) is 9.78 Å². The van der Waals surface area contributed by atoms with E-state index in [2.05, 4.69) is 24.0 Å². The SMILES string of the molecule is Cc1cc(-c2nc(-c3ccccc3)c3c(n2)[C@]2(C)CC(C=O)C(=O)[C@H](C)[C@H]2CC3)ccn1. The Kier molecular flexibility index (Phi) is 5.00. The molecular formula is C27H27N3O2. The van der Waals surface area contributed by atoms with Crippen molar-refractivity contribution in [2.24, 2.45) is 17.8 Å². The van der Waals surface area contributed by atoms with Crippen molar-refractivity contribution < 1.29 is 9.59 Å². The van der Waals surface area contributed by atoms with Gasteiger partial charge in [0, 0.05) is 39.9 Å². The van der Waals surface area contributed by atoms with Crippen LogP contribution in [0.15, 0.2) is 48.7 Å². The monoisotopic (exact) mass is 425 g/mol. The van der Waals surface area contributed by atoms with E-state index in [1.54, 1.807) is 6.20 Å². The molecule has 5 rings (SSSR count). The molecule has 0 radical (unpaired) electrons. The van der Waals surface area contributed by atoms with Gasteiger partial charge in [-0.15, -0.1) is 0 Å². The number of carbonyl (C=O) groups excluding carboxylic acids is 2. The van der Waals surface area contributed by atoms with E-state index in [0.717, 1.165) is 52.9 Å². The largest absolute Gasteiger partial charge is 0.303 e. The van der Waals surface area contributed by atoms with E-state index in [4.69, 9.17) is 9.97 Å². The second kappa shape index (κ2) is 7.73. The zero-order valence-corrected chi connectivity index (χ0v) is 18.7. The smallest absolute Gasteiger partial charge is 0.160 e. The lowest BCUT2D eigenvalue weighted by Gasteiger charge is -2.49. The number of fused-ring (bicyclic) bond motifs is 3. The van der Waals surface area contributed by atoms with Gasteiger partial charge in [-0.2, -0.15) is 0 Å². The number of hydrogen-bond donors (Lipinski definition) is 0. The first-order chi connectivity index (χ1) is 15.4. The summed E-state index contributed by atoms with van der Waals surface area (Å²) in [4.78, 5) is 39.1. The number of aromatic nitrogens is 3. The van der Waals surface area contributed by atoms with Gasteiger partial charge < -0.3 is 4.79 Å². The lowest BCUT2D eigenvalue weighted by atomic mass is 9.54. The molecule has 5 heteroatoms. The molecule has 1 aromatic carbocycles. The Bertz CT molecular complexity index is 1210. The van der Waals surface area contributed by atoms with Crippen LogP contribution >= 0.6 is 0 Å². The number of benzene rings is 1. The highest BCUT2D eigenvalue weighted by Gasteiger charge is 2.53. The molecule has 0 bridgehead atoms. The van der Waals surface area contributed by atoms with Crippen molar-refractivity contribution in [1.29, 1.82) is 0 Å². The molecule has 5 nitrogen and oxygen atoms in total. The lowest BCUT2D eigenvalue weighted by molar-refractivity contribution is -0.137. The highest BCUT2D eigenvalue weighted by Crippen LogP contribution is 2.53. The Hall–Kier alpha value is -3.21. The van der Waals surface area contributed by atoms with Gasteiger partial charge in [0.2, 0.25) is 0 Å². The molecule has 0 N–H and O–H groups in total. The Labute approximate surface area is 188 Å². The van der Waals surface area contributed by atoms with Gasteiger partial charge in [-0.1, -0.05) is 44.2 Å². The third-order valence-electron chi connectivity index (χ3n) is 7.50. The maximum absolute atomic E-state index is 12.8. The molecule has 1 saturated carbocycles. The number of carbonyl (C=O) groups is 2. The third-order valence-corrected chi connectivity index (χ3v) is 7.50. The highest BCUT2D eigenvalue weighted by molar-refractivity contribution is 5.96. The molecule has 0 spiro atoms. The molecule has 2 heterocycles. The molecule has 2 aromatic heterocycles. The number of Topliss-reactive ketones (excluding diaryl/α,β-unsaturated/α-hetero) is 1. The third kappa shape index (κ3) is 3.19. The molecule has 0 saturated heterocycles. The van der Waals surface area contributed by atoms with Gasteiger partial charge in [-0.25, -0.2) is 9.97 Å². The Morgan fingerprint density at radius 1 is 1.09 bits per heavy atom. The van der Waals surface area contributed by atoms with E-state index in [9.17, 15) is 9.59 Å². The van der Waals surface area contributed by atoms with Gasteiger partial charge in [-0.05, 0) is 44.2 Å². The van der Waals surface area contributed by atoms with Crippen molar-refractivity contribution in [2.45, 2.75) is 45.4 Å². The van der Waals surface area contributed by atoms with Crippen molar-refractivity contribution in [2.75, 3.05) is 0 Å². The lowest BCUT2D eigenvalue weighted by Crippen LogP contribution is -2.51. The van der Waals surface area contributed by atoms with Gasteiger partial charge in [0.15, 0.2) is 5.82 Å². The van der Waals surface area contributed by atoms with Crippen molar-refractivity contribution in [3.63, 3.8) is 0 Å². The fourth-order valence-electron chi connectivity index (χ4n) is 5.89. The average Bonchev–Trinajstić information content (AvgIpc) is 2.81. The first-order valence-corrected chi connectivity index (χ1v) is 11.3. The number of pyridine rings is 1. The van der Waals surface area contributed by atoms with Crippen molar-refractivity contribution >= 4 is 12.1 Å². The molecule has 162 valence electrons. The average molecular weight is 426 g/mol. The van der Waals surface area contributed by atoms with Crippen LogP contribution in [0.25, 0.3) is 22.6 Å². The predicted molar refractivity (Wildman–Crippen MR) is 123 cm³/mol. The molecule has 3 aromatic rings. The number of hydrogen-bond acceptors (Lipinski definition) is 5. The molecule has 2 aliphatic rings. The second-order valence-corrected chi connectivity index (χ2v) is 9.48. The molecule has 1 fully saturated rings. The number of rotatable bonds is 3. The first kappa shape index (κ1) is 20.7. The first-order valence-electron chi connectivity index (χ1n) is 11.3. The van der Waals surface area contributed by atoms with E-state index >= 15 is 0 Å². The van der Waals surface area contributed by atoms with Crippen LogP contribution in [0.1, 0.15) is 43.6 Å². The van der Waals surface area contributed by atoms with E-state index in [-0.39, 0.29) is 23.0 Å². The van der Waals surface area contributed by atoms with E-state index in [0.29, 0.717) is 12.2 Å². The molecule has 0 amide bonds. The van der Waals surface area contributed by atoms with Crippen molar-refractivity contribution in [3.8, 4) is 22.6 Å². The maximum atomic E-state index is 12.8. The van der Waals surface area contributed by atoms with Crippen LogP contribution in [0.3, 0.4) is 0 Å². The topological polar surface area (TPSA) is 72.8 Å². The molecule has 4 atom stereocenters. The number of ketones is 1. The maximum Gasteiger partial charge on any atom is 0.160 e. The van der Waals surface area contributed by atoms with Crippen molar-refractivity contribution in [1.82, 2.24) is 15.0 Å². The number of aldehydes is 1. The minimum atomic E-state index is -0.570. The van der Waals surface area contributed by atoms with Crippen LogP contribution in [-0.2, 0) is 21.4 Å². The zero-order chi connectivity index (χ0) is 22.5. The van der Waals surface area contributed by atoms with E-state index in [1.165, 1.54) is 0 Å². The summed E-state index contributed by atoms with van der Waals surface area (Å²) in [6, 6.07) is 14.2. The van der Waals surface area contributed by atoms with Crippen molar-refractivity contribution in [3.05, 3.63) is 65.6 Å². The molecule has 0 aliphatic heterocycles. The van der Waals surface area contributed by atoms with Crippen LogP contribution in [0.5, 0.6) is 0 Å². The van der Waals surface area contributed by atoms with E-state index in [1.807, 2.05) is 44.2 Å². The summed E-state index contributed by atoms with van der Waals surface area (Å²) < 4.78 is 0. The zero-order valence-electron chi connectivity index (χ0n) is 18.7. The predicted octanol–water partition coefficient (Wildman–Crippen LogP) is 4.76. The summed E-state index contributed by atoms with van der Waals surface area (Å²) in [5, 5.41) is 0. The normalized spacial score (nSPS) is 26.8. The number of nitrogens with zero attached hydrogens (tertiary/aromatic N) is 3. The number of aryl methyl sites for hydroxylation is 1. The van der Waals surface area contributed by atoms with E-state index < -0.39 is 5.92 Å². The van der Waals surface area contributed by atoms with Gasteiger partial charge in [0.05, 0.1) is 17.3 Å². The second-order valence-electron chi connectivity index (χ2n) is 9.48. The van der Waals surface area contributed by atoms with Crippen LogP contribution in [-0.4, -0.2) is 27.0 Å². The summed E-state index contributed by atoms with van der Waals surface area (Å²) in [6.45, 7) is 6.14. The molecule has 32 heavy (non-hydrogen) atoms. The summed E-state index contributed by atoms with van der Waals surface area (Å²) in [5.74, 6) is 0.192. The summed E-state index contributed by atoms with van der Waals surface area (Å²) >= 11 is 0. The quantitative estimate of drug-likeness (QED) is 0.447. The summed E-state index contributed by atoms with van der Waals surface area (Å²) in [6.07, 6.45) is 4.86. The standard InChI is InChI=1S/C27H27N3O2/c1-16-13-19(11-12-28-16)26-29-23(18-7-5-4-6-8-18)21-9-10-22-17(2)24(32)20(15-31)14-27(22,3)25(21)30-26/h4-8,11-13,15,17,20,22H,9-10,14H2,1-3H3/t17-,20?,22-,27-/m1/s1. The minimum Gasteiger partial charge on any atom is -0.303 e. The summed E-state index contributed by atoms with van der Waals surface area (Å²) in [7, 11) is 0. The minimum absolute atomic E-state index is 0.0771. The molecular weight excluding hydrogens is 398 g/mol. The highest BCUT2D eigenvalue weighted by atomic mass is 16.1. The Morgan fingerprint density at radius 3 is 2.59 bits per heavy atom. The fraction of sp³-hybridized carbons (Fsp3) is 0.370. The van der Waals surface area contributed by atoms with Crippen LogP contribution in [0, 0.1) is 24.7 Å². The van der Waals surface area contributed by atoms with Gasteiger partial charge >= 0.3 is 0 Å². The fourth-order valence-corrected chi connectivity index (χ4v) is 5.89. The summed E-state index contributed by atoms with van der Waals surface area (Å²) in [5.41, 5.74) is 5.64. The van der Waals surface area contributed by atoms with Crippen LogP contribution in [0.4, 0.5) is 0 Å². The molecule has 2 aliphatic carbocycles. The van der Waals surface area contributed by atoms with Gasteiger partial charge in [0.1, 0.15) is 12.1 Å². The Balaban J connectivity index is 1.76.